The molecule has 4 heteroatoms. The monoisotopic (exact) mass is 665 g/mol. The molecule has 50 heavy (non-hydrogen) atoms. The van der Waals surface area contributed by atoms with Gasteiger partial charge in [0.1, 0.15) is 0 Å². The van der Waals surface area contributed by atoms with Crippen molar-refractivity contribution in [2.75, 3.05) is 0 Å². The lowest BCUT2D eigenvalue weighted by atomic mass is 9.83. The number of allylic oxidation sites excluding steroid dienone is 8. The van der Waals surface area contributed by atoms with Gasteiger partial charge in [0.05, 0.1) is 17.3 Å². The smallest absolute Gasteiger partial charge is 0.0947 e. The van der Waals surface area contributed by atoms with Crippen molar-refractivity contribution in [3.8, 4) is 16.8 Å². The summed E-state index contributed by atoms with van der Waals surface area (Å²) in [6, 6.07) is 35.1. The van der Waals surface area contributed by atoms with Crippen molar-refractivity contribution in [2.24, 2.45) is 16.6 Å². The molecule has 0 amide bonds. The molecule has 9 rings (SSSR count). The molecule has 0 bridgehead atoms. The van der Waals surface area contributed by atoms with Crippen LogP contribution in [0.1, 0.15) is 64.4 Å². The largest absolute Gasteiger partial charge is 0.405 e. The van der Waals surface area contributed by atoms with Gasteiger partial charge in [-0.25, -0.2) is 0 Å². The van der Waals surface area contributed by atoms with E-state index >= 15 is 0 Å². The van der Waals surface area contributed by atoms with Crippen LogP contribution in [0.15, 0.2) is 167 Å². The maximum Gasteiger partial charge on any atom is 0.0947 e. The van der Waals surface area contributed by atoms with Gasteiger partial charge in [0, 0.05) is 39.3 Å². The number of nitrogens with two attached hydrogens (primary N) is 1. The molecule has 1 aromatic heterocycles. The van der Waals surface area contributed by atoms with E-state index in [0.717, 1.165) is 29.7 Å². The van der Waals surface area contributed by atoms with Crippen LogP contribution in [0.3, 0.4) is 0 Å². The van der Waals surface area contributed by atoms with Crippen LogP contribution in [0.2, 0.25) is 0 Å². The molecule has 0 saturated heterocycles. The normalized spacial score (nSPS) is 21.3. The molecule has 5 aromatic rings. The third kappa shape index (κ3) is 5.54. The van der Waals surface area contributed by atoms with Crippen LogP contribution in [0, 0.1) is 5.92 Å². The van der Waals surface area contributed by atoms with Gasteiger partial charge in [-0.05, 0) is 101 Å². The second-order valence-electron chi connectivity index (χ2n) is 13.5. The topological polar surface area (TPSA) is 43.3 Å². The van der Waals surface area contributed by atoms with Crippen LogP contribution in [0.4, 0.5) is 0 Å². The molecule has 4 aliphatic rings. The van der Waals surface area contributed by atoms with E-state index in [1.807, 2.05) is 12.3 Å². The van der Waals surface area contributed by atoms with Crippen LogP contribution in [-0.4, -0.2) is 10.8 Å². The van der Waals surface area contributed by atoms with Crippen molar-refractivity contribution in [3.63, 3.8) is 0 Å². The number of aromatic nitrogens is 1. The quantitative estimate of drug-likeness (QED) is 0.176. The van der Waals surface area contributed by atoms with Crippen LogP contribution < -0.4 is 5.73 Å². The Kier molecular flexibility index (Phi) is 8.10. The van der Waals surface area contributed by atoms with Gasteiger partial charge in [-0.2, -0.15) is 0 Å². The van der Waals surface area contributed by atoms with E-state index in [4.69, 9.17) is 10.7 Å². The van der Waals surface area contributed by atoms with Crippen LogP contribution in [0.25, 0.3) is 33.8 Å². The first-order valence-electron chi connectivity index (χ1n) is 17.7. The summed E-state index contributed by atoms with van der Waals surface area (Å²) in [5.41, 5.74) is 18.6. The molecule has 0 saturated carbocycles. The van der Waals surface area contributed by atoms with E-state index in [2.05, 4.69) is 162 Å². The Morgan fingerprint density at radius 1 is 0.840 bits per heavy atom. The second kappa shape index (κ2) is 13.2. The van der Waals surface area contributed by atoms with Crippen molar-refractivity contribution in [1.82, 2.24) is 4.57 Å². The molecule has 4 atom stereocenters. The molecule has 0 radical (unpaired) electrons. The molecule has 3 nitrogen and oxygen atoms in total. The summed E-state index contributed by atoms with van der Waals surface area (Å²) in [5.74, 6) is 0.941. The molecule has 2 heterocycles. The first-order valence-corrected chi connectivity index (χ1v) is 18.6. The van der Waals surface area contributed by atoms with Crippen molar-refractivity contribution in [3.05, 3.63) is 190 Å². The highest BCUT2D eigenvalue weighted by Crippen LogP contribution is 2.59. The standard InChI is InChI=1S/C46H39N3S/c47-28-27-41(36-12-8-11-35(29-36)34-21-19-33(20-22-34)32-9-2-1-3-10-32)48-30-31-17-23-37(24-18-31)49-42-15-6-4-14-40(42)45-43(49)26-25-39-38-13-5-7-16-44(38)50-46(39)45/h1-4,6-9,11-12,14-30,32,39,41,46H,5,10,13,47H2/b28-27-,48-30?. The zero-order valence-corrected chi connectivity index (χ0v) is 28.7. The predicted octanol–water partition coefficient (Wildman–Crippen LogP) is 11.6. The average Bonchev–Trinajstić information content (AvgIpc) is 3.73. The van der Waals surface area contributed by atoms with Crippen LogP contribution in [-0.2, 0) is 0 Å². The number of fused-ring (bicyclic) bond motifs is 6. The van der Waals surface area contributed by atoms with E-state index < -0.39 is 0 Å². The van der Waals surface area contributed by atoms with Gasteiger partial charge in [-0.1, -0.05) is 115 Å². The molecule has 244 valence electrons. The number of hydrogen-bond donors (Lipinski definition) is 1. The van der Waals surface area contributed by atoms with Gasteiger partial charge in [-0.15, -0.1) is 11.8 Å². The maximum absolute atomic E-state index is 5.93. The fourth-order valence-corrected chi connectivity index (χ4v) is 9.66. The van der Waals surface area contributed by atoms with Crippen molar-refractivity contribution in [1.29, 1.82) is 0 Å². The summed E-state index contributed by atoms with van der Waals surface area (Å²) >= 11 is 2.06. The van der Waals surface area contributed by atoms with Crippen molar-refractivity contribution in [2.45, 2.75) is 36.5 Å². The first kappa shape index (κ1) is 30.7. The van der Waals surface area contributed by atoms with E-state index in [9.17, 15) is 0 Å². The summed E-state index contributed by atoms with van der Waals surface area (Å²) in [7, 11) is 0. The summed E-state index contributed by atoms with van der Waals surface area (Å²) in [6.45, 7) is 0. The van der Waals surface area contributed by atoms with Gasteiger partial charge < -0.3 is 10.3 Å². The number of thioether (sulfide) groups is 1. The Morgan fingerprint density at radius 3 is 2.56 bits per heavy atom. The number of aliphatic imine (C=N–C) groups is 1. The molecule has 4 aromatic carbocycles. The van der Waals surface area contributed by atoms with E-state index in [-0.39, 0.29) is 6.04 Å². The van der Waals surface area contributed by atoms with Gasteiger partial charge in [0.2, 0.25) is 0 Å². The van der Waals surface area contributed by atoms with Gasteiger partial charge in [0.25, 0.3) is 0 Å². The minimum Gasteiger partial charge on any atom is -0.405 e. The lowest BCUT2D eigenvalue weighted by Gasteiger charge is -2.24. The molecule has 4 unspecified atom stereocenters. The number of nitrogens with zero attached hydrogens (tertiary/aromatic N) is 2. The minimum atomic E-state index is -0.185. The van der Waals surface area contributed by atoms with Crippen LogP contribution >= 0.6 is 11.8 Å². The molecule has 0 spiro atoms. The Labute approximate surface area is 298 Å². The highest BCUT2D eigenvalue weighted by molar-refractivity contribution is 8.03. The number of para-hydroxylation sites is 1. The third-order valence-corrected chi connectivity index (χ3v) is 12.0. The predicted molar refractivity (Wildman–Crippen MR) is 213 cm³/mol. The summed E-state index contributed by atoms with van der Waals surface area (Å²) in [5, 5.41) is 1.79. The van der Waals surface area contributed by atoms with E-state index in [1.165, 1.54) is 50.2 Å². The molecule has 0 fully saturated rings. The minimum absolute atomic E-state index is 0.185. The van der Waals surface area contributed by atoms with Crippen molar-refractivity contribution < 1.29 is 0 Å². The first-order chi connectivity index (χ1) is 24.7. The van der Waals surface area contributed by atoms with Gasteiger partial charge >= 0.3 is 0 Å². The molecular formula is C46H39N3S. The molecule has 2 N–H and O–H groups in total. The summed E-state index contributed by atoms with van der Waals surface area (Å²) in [6.07, 6.45) is 27.2. The Morgan fingerprint density at radius 2 is 1.72 bits per heavy atom. The second-order valence-corrected chi connectivity index (χ2v) is 14.7. The SMILES string of the molecule is N/C=C\C(N=Cc1ccc(-n2c3c(c4ccccc42)C2SC4=C(CCC=C4)C2C=C3)cc1)c1cccc(-c2ccc(C3C=CC=CC3)cc2)c1. The fraction of sp³-hybridized carbons (Fsp3) is 0.152. The van der Waals surface area contributed by atoms with E-state index in [0.29, 0.717) is 17.1 Å². The lowest BCUT2D eigenvalue weighted by molar-refractivity contribution is 0.699. The number of rotatable bonds is 7. The third-order valence-electron chi connectivity index (χ3n) is 10.6. The average molecular weight is 666 g/mol. The highest BCUT2D eigenvalue weighted by atomic mass is 32.2. The Hall–Kier alpha value is -5.32. The molecule has 3 aliphatic carbocycles. The molecule has 1 aliphatic heterocycles. The fourth-order valence-electron chi connectivity index (χ4n) is 8.06. The summed E-state index contributed by atoms with van der Waals surface area (Å²) < 4.78 is 2.44. The Balaban J connectivity index is 0.974. The van der Waals surface area contributed by atoms with E-state index in [1.54, 1.807) is 11.8 Å². The number of benzene rings is 4. The Bertz CT molecular complexity index is 2290. The summed E-state index contributed by atoms with van der Waals surface area (Å²) in [4.78, 5) is 6.50. The molecular weight excluding hydrogens is 627 g/mol. The van der Waals surface area contributed by atoms with Crippen LogP contribution in [0.5, 0.6) is 0 Å². The lowest BCUT2D eigenvalue weighted by Crippen LogP contribution is -2.12. The highest BCUT2D eigenvalue weighted by Gasteiger charge is 2.40. The number of hydrogen-bond acceptors (Lipinski definition) is 3. The zero-order valence-electron chi connectivity index (χ0n) is 27.9. The van der Waals surface area contributed by atoms with Crippen molar-refractivity contribution >= 4 is 35.0 Å². The maximum atomic E-state index is 5.93. The van der Waals surface area contributed by atoms with Gasteiger partial charge in [0.15, 0.2) is 0 Å². The zero-order chi connectivity index (χ0) is 33.4. The van der Waals surface area contributed by atoms with Gasteiger partial charge in [-0.3, -0.25) is 4.99 Å².